The van der Waals surface area contributed by atoms with Gasteiger partial charge in [0.25, 0.3) is 0 Å². The fraction of sp³-hybridized carbons (Fsp3) is 0.500. The summed E-state index contributed by atoms with van der Waals surface area (Å²) in [4.78, 5) is 12.4. The molecule has 1 aromatic rings. The second-order valence-corrected chi connectivity index (χ2v) is 4.87. The zero-order valence-corrected chi connectivity index (χ0v) is 11.8. The third-order valence-electron chi connectivity index (χ3n) is 3.27. The SMILES string of the molecule is COc1cc(Cl)c(C(=O)C2CCCOC2)cc1OC. The zero-order chi connectivity index (χ0) is 13.8. The van der Waals surface area contributed by atoms with Gasteiger partial charge in [-0.05, 0) is 18.9 Å². The molecule has 104 valence electrons. The van der Waals surface area contributed by atoms with Crippen LogP contribution < -0.4 is 9.47 Å². The van der Waals surface area contributed by atoms with Crippen LogP contribution in [0.3, 0.4) is 0 Å². The summed E-state index contributed by atoms with van der Waals surface area (Å²) in [5.41, 5.74) is 0.467. The highest BCUT2D eigenvalue weighted by atomic mass is 35.5. The van der Waals surface area contributed by atoms with Gasteiger partial charge in [0.15, 0.2) is 17.3 Å². The predicted octanol–water partition coefficient (Wildman–Crippen LogP) is 2.97. The van der Waals surface area contributed by atoms with Gasteiger partial charge in [-0.15, -0.1) is 0 Å². The molecule has 4 nitrogen and oxygen atoms in total. The molecule has 1 atom stereocenters. The van der Waals surface area contributed by atoms with Crippen molar-refractivity contribution in [3.05, 3.63) is 22.7 Å². The molecule has 0 aliphatic carbocycles. The number of rotatable bonds is 4. The van der Waals surface area contributed by atoms with Gasteiger partial charge in [-0.3, -0.25) is 4.79 Å². The molecule has 0 N–H and O–H groups in total. The summed E-state index contributed by atoms with van der Waals surface area (Å²) in [6, 6.07) is 3.25. The van der Waals surface area contributed by atoms with Gasteiger partial charge in [-0.25, -0.2) is 0 Å². The Morgan fingerprint density at radius 1 is 1.32 bits per heavy atom. The summed E-state index contributed by atoms with van der Waals surface area (Å²) in [7, 11) is 3.06. The van der Waals surface area contributed by atoms with E-state index in [2.05, 4.69) is 0 Å². The molecule has 0 radical (unpaired) electrons. The van der Waals surface area contributed by atoms with Gasteiger partial charge in [-0.1, -0.05) is 11.6 Å². The van der Waals surface area contributed by atoms with Crippen molar-refractivity contribution in [2.75, 3.05) is 27.4 Å². The van der Waals surface area contributed by atoms with Crippen LogP contribution in [0.2, 0.25) is 5.02 Å². The van der Waals surface area contributed by atoms with E-state index in [1.165, 1.54) is 14.2 Å². The van der Waals surface area contributed by atoms with Crippen molar-refractivity contribution in [1.82, 2.24) is 0 Å². The van der Waals surface area contributed by atoms with Crippen molar-refractivity contribution in [1.29, 1.82) is 0 Å². The van der Waals surface area contributed by atoms with Crippen LogP contribution >= 0.6 is 11.6 Å². The Morgan fingerprint density at radius 2 is 2.00 bits per heavy atom. The lowest BCUT2D eigenvalue weighted by Gasteiger charge is -2.21. The Balaban J connectivity index is 2.30. The third-order valence-corrected chi connectivity index (χ3v) is 3.58. The molecule has 5 heteroatoms. The largest absolute Gasteiger partial charge is 0.493 e. The maximum atomic E-state index is 12.4. The van der Waals surface area contributed by atoms with Crippen LogP contribution in [0.5, 0.6) is 11.5 Å². The highest BCUT2D eigenvalue weighted by Crippen LogP contribution is 2.34. The Morgan fingerprint density at radius 3 is 2.58 bits per heavy atom. The molecule has 1 aliphatic rings. The smallest absolute Gasteiger partial charge is 0.169 e. The first-order chi connectivity index (χ1) is 9.17. The summed E-state index contributed by atoms with van der Waals surface area (Å²) < 4.78 is 15.7. The van der Waals surface area contributed by atoms with E-state index in [0.717, 1.165) is 19.4 Å². The van der Waals surface area contributed by atoms with E-state index in [9.17, 15) is 4.79 Å². The normalized spacial score (nSPS) is 19.0. The molecule has 1 heterocycles. The molecule has 0 saturated carbocycles. The van der Waals surface area contributed by atoms with Crippen LogP contribution in [0.4, 0.5) is 0 Å². The molecule has 0 amide bonds. The monoisotopic (exact) mass is 284 g/mol. The molecular formula is C14H17ClO4. The van der Waals surface area contributed by atoms with Crippen LogP contribution in [0.25, 0.3) is 0 Å². The molecule has 1 aromatic carbocycles. The topological polar surface area (TPSA) is 44.8 Å². The van der Waals surface area contributed by atoms with Crippen molar-refractivity contribution in [3.8, 4) is 11.5 Å². The van der Waals surface area contributed by atoms with E-state index in [1.807, 2.05) is 0 Å². The van der Waals surface area contributed by atoms with Gasteiger partial charge in [0.1, 0.15) is 0 Å². The fourth-order valence-electron chi connectivity index (χ4n) is 2.21. The number of hydrogen-bond donors (Lipinski definition) is 0. The Hall–Kier alpha value is -1.26. The van der Waals surface area contributed by atoms with E-state index >= 15 is 0 Å². The Bertz CT molecular complexity index is 467. The fourth-order valence-corrected chi connectivity index (χ4v) is 2.46. The molecule has 2 rings (SSSR count). The van der Waals surface area contributed by atoms with Crippen LogP contribution in [-0.2, 0) is 4.74 Å². The van der Waals surface area contributed by atoms with Gasteiger partial charge in [0.2, 0.25) is 0 Å². The Labute approximate surface area is 117 Å². The predicted molar refractivity (Wildman–Crippen MR) is 72.4 cm³/mol. The lowest BCUT2D eigenvalue weighted by atomic mass is 9.92. The maximum Gasteiger partial charge on any atom is 0.169 e. The van der Waals surface area contributed by atoms with Gasteiger partial charge < -0.3 is 14.2 Å². The summed E-state index contributed by atoms with van der Waals surface area (Å²) in [5.74, 6) is 0.908. The summed E-state index contributed by atoms with van der Waals surface area (Å²) in [6.45, 7) is 1.19. The summed E-state index contributed by atoms with van der Waals surface area (Å²) in [6.07, 6.45) is 1.74. The second-order valence-electron chi connectivity index (χ2n) is 4.47. The molecule has 1 fully saturated rings. The maximum absolute atomic E-state index is 12.4. The third kappa shape index (κ3) is 3.01. The number of halogens is 1. The van der Waals surface area contributed by atoms with E-state index < -0.39 is 0 Å². The van der Waals surface area contributed by atoms with Gasteiger partial charge in [0.05, 0.1) is 25.8 Å². The number of hydrogen-bond acceptors (Lipinski definition) is 4. The number of carbonyl (C=O) groups is 1. The van der Waals surface area contributed by atoms with Crippen molar-refractivity contribution < 1.29 is 19.0 Å². The molecule has 0 spiro atoms. The first kappa shape index (κ1) is 14.2. The van der Waals surface area contributed by atoms with Crippen LogP contribution in [0.15, 0.2) is 12.1 Å². The van der Waals surface area contributed by atoms with Crippen molar-refractivity contribution in [2.24, 2.45) is 5.92 Å². The minimum atomic E-state index is -0.121. The highest BCUT2D eigenvalue weighted by Gasteiger charge is 2.26. The van der Waals surface area contributed by atoms with Crippen LogP contribution in [0.1, 0.15) is 23.2 Å². The summed E-state index contributed by atoms with van der Waals surface area (Å²) >= 11 is 6.15. The van der Waals surface area contributed by atoms with Crippen molar-refractivity contribution in [3.63, 3.8) is 0 Å². The first-order valence-electron chi connectivity index (χ1n) is 6.21. The van der Waals surface area contributed by atoms with Crippen LogP contribution in [-0.4, -0.2) is 33.2 Å². The molecule has 0 bridgehead atoms. The minimum Gasteiger partial charge on any atom is -0.493 e. The average Bonchev–Trinajstić information content (AvgIpc) is 2.47. The standard InChI is InChI=1S/C14H17ClO4/c1-17-12-6-10(11(15)7-13(12)18-2)14(16)9-4-3-5-19-8-9/h6-7,9H,3-5,8H2,1-2H3. The van der Waals surface area contributed by atoms with Gasteiger partial charge in [-0.2, -0.15) is 0 Å². The lowest BCUT2D eigenvalue weighted by Crippen LogP contribution is -2.25. The number of ketones is 1. The Kier molecular flexibility index (Phi) is 4.66. The first-order valence-corrected chi connectivity index (χ1v) is 6.58. The molecule has 19 heavy (non-hydrogen) atoms. The number of benzene rings is 1. The summed E-state index contributed by atoms with van der Waals surface area (Å²) in [5, 5.41) is 0.383. The number of carbonyl (C=O) groups excluding carboxylic acids is 1. The quantitative estimate of drug-likeness (QED) is 0.798. The molecule has 0 aromatic heterocycles. The highest BCUT2D eigenvalue weighted by molar-refractivity contribution is 6.34. The van der Waals surface area contributed by atoms with Crippen LogP contribution in [0, 0.1) is 5.92 Å². The van der Waals surface area contributed by atoms with Crippen molar-refractivity contribution >= 4 is 17.4 Å². The van der Waals surface area contributed by atoms with Crippen molar-refractivity contribution in [2.45, 2.75) is 12.8 Å². The van der Waals surface area contributed by atoms with Gasteiger partial charge >= 0.3 is 0 Å². The molecule has 1 saturated heterocycles. The zero-order valence-electron chi connectivity index (χ0n) is 11.1. The number of Topliss-reactive ketones (excluding diaryl/α,β-unsaturated/α-hetero) is 1. The number of methoxy groups -OCH3 is 2. The minimum absolute atomic E-state index is 0.00523. The molecular weight excluding hydrogens is 268 g/mol. The van der Waals surface area contributed by atoms with E-state index in [4.69, 9.17) is 25.8 Å². The van der Waals surface area contributed by atoms with E-state index in [0.29, 0.717) is 28.7 Å². The number of ether oxygens (including phenoxy) is 3. The second kappa shape index (κ2) is 6.26. The average molecular weight is 285 g/mol. The molecule has 1 unspecified atom stereocenters. The van der Waals surface area contributed by atoms with E-state index in [1.54, 1.807) is 12.1 Å². The molecule has 1 aliphatic heterocycles. The lowest BCUT2D eigenvalue weighted by molar-refractivity contribution is 0.0461. The van der Waals surface area contributed by atoms with E-state index in [-0.39, 0.29) is 11.7 Å². The van der Waals surface area contributed by atoms with Gasteiger partial charge in [0, 0.05) is 24.2 Å².